The monoisotopic (exact) mass is 440 g/mol. The highest BCUT2D eigenvalue weighted by molar-refractivity contribution is 5.95. The van der Waals surface area contributed by atoms with Gasteiger partial charge in [0, 0.05) is 18.0 Å². The number of ether oxygens (including phenoxy) is 1. The Hall–Kier alpha value is -3.81. The SMILES string of the molecule is Cn1nc2c(C(F)(F)F)cccc2c1-c1cccc(OCc2ccc(CC(=O)O)cc2)c1. The lowest BCUT2D eigenvalue weighted by molar-refractivity contribution is -0.137. The Balaban J connectivity index is 1.59. The molecule has 3 aromatic carbocycles. The summed E-state index contributed by atoms with van der Waals surface area (Å²) < 4.78 is 47.4. The Labute approximate surface area is 181 Å². The van der Waals surface area contributed by atoms with E-state index in [9.17, 15) is 18.0 Å². The van der Waals surface area contributed by atoms with Crippen LogP contribution in [0.3, 0.4) is 0 Å². The van der Waals surface area contributed by atoms with E-state index in [4.69, 9.17) is 9.84 Å². The van der Waals surface area contributed by atoms with Crippen molar-refractivity contribution in [3.8, 4) is 17.0 Å². The minimum atomic E-state index is -4.49. The van der Waals surface area contributed by atoms with Gasteiger partial charge in [-0.3, -0.25) is 9.48 Å². The lowest BCUT2D eigenvalue weighted by Crippen LogP contribution is -2.05. The van der Waals surface area contributed by atoms with Gasteiger partial charge >= 0.3 is 12.1 Å². The fourth-order valence-corrected chi connectivity index (χ4v) is 3.62. The van der Waals surface area contributed by atoms with Crippen LogP contribution in [0.15, 0.2) is 66.7 Å². The maximum Gasteiger partial charge on any atom is 0.418 e. The number of carboxylic acids is 1. The summed E-state index contributed by atoms with van der Waals surface area (Å²) in [6.07, 6.45) is -4.53. The van der Waals surface area contributed by atoms with Crippen LogP contribution in [0.5, 0.6) is 5.75 Å². The molecule has 0 aliphatic heterocycles. The first kappa shape index (κ1) is 21.4. The van der Waals surface area contributed by atoms with Gasteiger partial charge in [-0.15, -0.1) is 0 Å². The van der Waals surface area contributed by atoms with Gasteiger partial charge in [-0.25, -0.2) is 0 Å². The molecule has 32 heavy (non-hydrogen) atoms. The normalized spacial score (nSPS) is 11.6. The minimum Gasteiger partial charge on any atom is -0.489 e. The number of carboxylic acid groups (broad SMARTS) is 1. The predicted molar refractivity (Wildman–Crippen MR) is 113 cm³/mol. The van der Waals surface area contributed by atoms with Gasteiger partial charge in [0.05, 0.1) is 17.7 Å². The number of hydrogen-bond donors (Lipinski definition) is 1. The number of alkyl halides is 3. The molecule has 4 rings (SSSR count). The van der Waals surface area contributed by atoms with E-state index in [0.29, 0.717) is 28.0 Å². The number of benzene rings is 3. The highest BCUT2D eigenvalue weighted by Gasteiger charge is 2.34. The maximum absolute atomic E-state index is 13.4. The van der Waals surface area contributed by atoms with Crippen LogP contribution in [-0.2, 0) is 31.0 Å². The number of aryl methyl sites for hydroxylation is 1. The molecule has 0 saturated carbocycles. The van der Waals surface area contributed by atoms with Gasteiger partial charge in [-0.05, 0) is 29.3 Å². The van der Waals surface area contributed by atoms with Crippen molar-refractivity contribution < 1.29 is 27.8 Å². The molecule has 4 aromatic rings. The Bertz CT molecular complexity index is 1280. The molecule has 0 radical (unpaired) electrons. The molecule has 164 valence electrons. The summed E-state index contributed by atoms with van der Waals surface area (Å²) in [7, 11) is 1.61. The molecule has 0 aliphatic carbocycles. The average molecular weight is 440 g/mol. The van der Waals surface area contributed by atoms with Crippen molar-refractivity contribution in [3.05, 3.63) is 83.4 Å². The van der Waals surface area contributed by atoms with E-state index >= 15 is 0 Å². The van der Waals surface area contributed by atoms with Crippen molar-refractivity contribution in [3.63, 3.8) is 0 Å². The Kier molecular flexibility index (Phi) is 5.61. The number of aliphatic carboxylic acids is 1. The molecule has 8 heteroatoms. The quantitative estimate of drug-likeness (QED) is 0.432. The van der Waals surface area contributed by atoms with Gasteiger partial charge in [-0.2, -0.15) is 18.3 Å². The molecule has 0 amide bonds. The number of hydrogen-bond acceptors (Lipinski definition) is 3. The van der Waals surface area contributed by atoms with Crippen LogP contribution in [0, 0.1) is 0 Å². The molecule has 0 atom stereocenters. The van der Waals surface area contributed by atoms with E-state index in [1.807, 2.05) is 0 Å². The van der Waals surface area contributed by atoms with Crippen molar-refractivity contribution >= 4 is 16.9 Å². The molecule has 0 fully saturated rings. The molecule has 0 saturated heterocycles. The van der Waals surface area contributed by atoms with Crippen LogP contribution >= 0.6 is 0 Å². The van der Waals surface area contributed by atoms with Gasteiger partial charge in [0.25, 0.3) is 0 Å². The average Bonchev–Trinajstić information content (AvgIpc) is 3.08. The maximum atomic E-state index is 13.4. The zero-order valence-corrected chi connectivity index (χ0v) is 17.1. The van der Waals surface area contributed by atoms with Gasteiger partial charge in [-0.1, -0.05) is 48.5 Å². The van der Waals surface area contributed by atoms with Crippen LogP contribution in [0.25, 0.3) is 22.2 Å². The molecule has 0 aliphatic rings. The molecule has 0 bridgehead atoms. The molecule has 1 N–H and O–H groups in total. The topological polar surface area (TPSA) is 64.4 Å². The summed E-state index contributed by atoms with van der Waals surface area (Å²) in [6.45, 7) is 0.265. The third-order valence-electron chi connectivity index (χ3n) is 5.06. The van der Waals surface area contributed by atoms with Crippen molar-refractivity contribution in [2.75, 3.05) is 0 Å². The van der Waals surface area contributed by atoms with Gasteiger partial charge in [0.2, 0.25) is 0 Å². The summed E-state index contributed by atoms with van der Waals surface area (Å²) in [4.78, 5) is 10.8. The zero-order valence-electron chi connectivity index (χ0n) is 17.1. The standard InChI is InChI=1S/C24H19F3N2O3/c1-29-23(19-6-3-7-20(22(19)28-29)24(25,26)27)17-4-2-5-18(13-17)32-14-16-10-8-15(9-11-16)12-21(30)31/h2-11,13H,12,14H2,1H3,(H,30,31). The summed E-state index contributed by atoms with van der Waals surface area (Å²) in [5.74, 6) is -0.339. The number of rotatable bonds is 6. The number of aromatic nitrogens is 2. The summed E-state index contributed by atoms with van der Waals surface area (Å²) in [6, 6.07) is 18.2. The number of nitrogens with zero attached hydrogens (tertiary/aromatic N) is 2. The van der Waals surface area contributed by atoms with E-state index in [0.717, 1.165) is 11.6 Å². The lowest BCUT2D eigenvalue weighted by atomic mass is 10.0. The summed E-state index contributed by atoms with van der Waals surface area (Å²) >= 11 is 0. The molecule has 1 heterocycles. The van der Waals surface area contributed by atoms with E-state index in [2.05, 4.69) is 5.10 Å². The van der Waals surface area contributed by atoms with E-state index in [1.165, 1.54) is 10.7 Å². The molecule has 0 unspecified atom stereocenters. The van der Waals surface area contributed by atoms with E-state index < -0.39 is 17.7 Å². The lowest BCUT2D eigenvalue weighted by Gasteiger charge is -2.10. The first-order valence-electron chi connectivity index (χ1n) is 9.78. The van der Waals surface area contributed by atoms with E-state index in [-0.39, 0.29) is 18.5 Å². The number of halogens is 3. The van der Waals surface area contributed by atoms with Crippen LogP contribution in [-0.4, -0.2) is 20.9 Å². The Morgan fingerprint density at radius 2 is 1.72 bits per heavy atom. The Morgan fingerprint density at radius 3 is 2.41 bits per heavy atom. The molecule has 1 aromatic heterocycles. The van der Waals surface area contributed by atoms with E-state index in [1.54, 1.807) is 61.6 Å². The number of carbonyl (C=O) groups is 1. The predicted octanol–water partition coefficient (Wildman–Crippen LogP) is 5.47. The van der Waals surface area contributed by atoms with Crippen molar-refractivity contribution in [1.82, 2.24) is 9.78 Å². The first-order valence-corrected chi connectivity index (χ1v) is 9.78. The second-order valence-corrected chi connectivity index (χ2v) is 7.38. The fourth-order valence-electron chi connectivity index (χ4n) is 3.62. The zero-order chi connectivity index (χ0) is 22.9. The highest BCUT2D eigenvalue weighted by atomic mass is 19.4. The minimum absolute atomic E-state index is 0.0438. The second-order valence-electron chi connectivity index (χ2n) is 7.38. The van der Waals surface area contributed by atoms with Gasteiger partial charge in [0.1, 0.15) is 17.9 Å². The van der Waals surface area contributed by atoms with Crippen molar-refractivity contribution in [1.29, 1.82) is 0 Å². The van der Waals surface area contributed by atoms with Crippen molar-refractivity contribution in [2.24, 2.45) is 7.05 Å². The van der Waals surface area contributed by atoms with Crippen LogP contribution in [0.1, 0.15) is 16.7 Å². The molecular formula is C24H19F3N2O3. The number of fused-ring (bicyclic) bond motifs is 1. The molecular weight excluding hydrogens is 421 g/mol. The molecule has 0 spiro atoms. The van der Waals surface area contributed by atoms with Crippen LogP contribution in [0.2, 0.25) is 0 Å². The van der Waals surface area contributed by atoms with Crippen molar-refractivity contribution in [2.45, 2.75) is 19.2 Å². The first-order chi connectivity index (χ1) is 15.2. The van der Waals surface area contributed by atoms with Gasteiger partial charge < -0.3 is 9.84 Å². The fraction of sp³-hybridized carbons (Fsp3) is 0.167. The smallest absolute Gasteiger partial charge is 0.418 e. The third kappa shape index (κ3) is 4.44. The summed E-state index contributed by atoms with van der Waals surface area (Å²) in [5, 5.41) is 13.4. The summed E-state index contributed by atoms with van der Waals surface area (Å²) in [5.41, 5.74) is 1.95. The Morgan fingerprint density at radius 1 is 1.03 bits per heavy atom. The third-order valence-corrected chi connectivity index (χ3v) is 5.06. The van der Waals surface area contributed by atoms with Gasteiger partial charge in [0.15, 0.2) is 0 Å². The molecule has 5 nitrogen and oxygen atoms in total. The van der Waals surface area contributed by atoms with Crippen LogP contribution < -0.4 is 4.74 Å². The second kappa shape index (κ2) is 8.37. The highest BCUT2D eigenvalue weighted by Crippen LogP contribution is 2.38. The largest absolute Gasteiger partial charge is 0.489 e. The van der Waals surface area contributed by atoms with Crippen LogP contribution in [0.4, 0.5) is 13.2 Å².